The van der Waals surface area contributed by atoms with E-state index in [4.69, 9.17) is 0 Å². The molecule has 0 saturated carbocycles. The highest BCUT2D eigenvalue weighted by Gasteiger charge is 2.20. The Morgan fingerprint density at radius 2 is 1.94 bits per heavy atom. The van der Waals surface area contributed by atoms with Gasteiger partial charge in [0.2, 0.25) is 0 Å². The van der Waals surface area contributed by atoms with Gasteiger partial charge in [-0.25, -0.2) is 0 Å². The van der Waals surface area contributed by atoms with E-state index in [1.807, 2.05) is 0 Å². The second-order valence-corrected chi connectivity index (χ2v) is 5.91. The molecule has 0 aliphatic carbocycles. The van der Waals surface area contributed by atoms with Gasteiger partial charge in [-0.2, -0.15) is 0 Å². The van der Waals surface area contributed by atoms with Gasteiger partial charge >= 0.3 is 0 Å². The van der Waals surface area contributed by atoms with Crippen LogP contribution in [0.1, 0.15) is 46.0 Å². The standard InChI is InChI=1S/C15H33N3/c1-5-13(6-2)15(18(3)4)12-16-11-14-9-7-8-10-17-14/h13-17H,5-12H2,1-4H3. The maximum Gasteiger partial charge on any atom is 0.0242 e. The van der Waals surface area contributed by atoms with E-state index < -0.39 is 0 Å². The normalized spacial score (nSPS) is 22.7. The summed E-state index contributed by atoms with van der Waals surface area (Å²) in [5.41, 5.74) is 0. The molecule has 1 fully saturated rings. The van der Waals surface area contributed by atoms with E-state index in [1.54, 1.807) is 0 Å². The minimum atomic E-state index is 0.670. The highest BCUT2D eigenvalue weighted by Crippen LogP contribution is 2.16. The number of likely N-dealkylation sites (N-methyl/N-ethyl adjacent to an activating group) is 1. The summed E-state index contributed by atoms with van der Waals surface area (Å²) in [5.74, 6) is 0.812. The summed E-state index contributed by atoms with van der Waals surface area (Å²) in [5, 5.41) is 7.28. The van der Waals surface area contributed by atoms with Gasteiger partial charge in [0.05, 0.1) is 0 Å². The molecule has 1 saturated heterocycles. The fraction of sp³-hybridized carbons (Fsp3) is 1.00. The summed E-state index contributed by atoms with van der Waals surface area (Å²) in [6.07, 6.45) is 6.64. The van der Waals surface area contributed by atoms with Crippen LogP contribution >= 0.6 is 0 Å². The molecule has 3 nitrogen and oxygen atoms in total. The summed E-state index contributed by atoms with van der Waals surface area (Å²) < 4.78 is 0. The highest BCUT2D eigenvalue weighted by atomic mass is 15.1. The van der Waals surface area contributed by atoms with Crippen molar-refractivity contribution >= 4 is 0 Å². The van der Waals surface area contributed by atoms with Crippen molar-refractivity contribution in [1.29, 1.82) is 0 Å². The van der Waals surface area contributed by atoms with Gasteiger partial charge in [0, 0.05) is 25.2 Å². The molecule has 2 unspecified atom stereocenters. The lowest BCUT2D eigenvalue weighted by Gasteiger charge is -2.32. The van der Waals surface area contributed by atoms with Gasteiger partial charge in [-0.15, -0.1) is 0 Å². The molecule has 2 atom stereocenters. The SMILES string of the molecule is CCC(CC)C(CNCC1CCCCN1)N(C)C. The van der Waals surface area contributed by atoms with Gasteiger partial charge in [-0.05, 0) is 39.4 Å². The molecule has 0 aromatic carbocycles. The van der Waals surface area contributed by atoms with Crippen molar-refractivity contribution in [2.24, 2.45) is 5.92 Å². The molecule has 1 aliphatic heterocycles. The lowest BCUT2D eigenvalue weighted by molar-refractivity contribution is 0.192. The quantitative estimate of drug-likeness (QED) is 0.695. The molecule has 0 radical (unpaired) electrons. The fourth-order valence-electron chi connectivity index (χ4n) is 3.11. The van der Waals surface area contributed by atoms with E-state index in [9.17, 15) is 0 Å². The predicted octanol–water partition coefficient (Wildman–Crippen LogP) is 2.08. The molecule has 0 aromatic heterocycles. The first kappa shape index (κ1) is 15.9. The average Bonchev–Trinajstić information content (AvgIpc) is 2.39. The fourth-order valence-corrected chi connectivity index (χ4v) is 3.11. The molecular formula is C15H33N3. The molecule has 2 N–H and O–H groups in total. The van der Waals surface area contributed by atoms with E-state index in [-0.39, 0.29) is 0 Å². The Kier molecular flexibility index (Phi) is 7.87. The van der Waals surface area contributed by atoms with Crippen LogP contribution < -0.4 is 10.6 Å². The van der Waals surface area contributed by atoms with Gasteiger partial charge in [0.15, 0.2) is 0 Å². The summed E-state index contributed by atoms with van der Waals surface area (Å²) >= 11 is 0. The highest BCUT2D eigenvalue weighted by molar-refractivity contribution is 4.80. The third-order valence-corrected chi connectivity index (χ3v) is 4.41. The van der Waals surface area contributed by atoms with E-state index in [2.05, 4.69) is 43.5 Å². The first-order chi connectivity index (χ1) is 8.69. The van der Waals surface area contributed by atoms with Crippen LogP contribution in [0.5, 0.6) is 0 Å². The third kappa shape index (κ3) is 5.25. The molecule has 1 heterocycles. The zero-order valence-corrected chi connectivity index (χ0v) is 12.8. The van der Waals surface area contributed by atoms with Gasteiger partial charge in [0.1, 0.15) is 0 Å². The van der Waals surface area contributed by atoms with Crippen LogP contribution in [0.15, 0.2) is 0 Å². The van der Waals surface area contributed by atoms with Crippen molar-refractivity contribution in [3.05, 3.63) is 0 Å². The Morgan fingerprint density at radius 1 is 1.22 bits per heavy atom. The van der Waals surface area contributed by atoms with E-state index >= 15 is 0 Å². The molecule has 1 rings (SSSR count). The Hall–Kier alpha value is -0.120. The average molecular weight is 255 g/mol. The first-order valence-electron chi connectivity index (χ1n) is 7.79. The molecule has 1 aliphatic rings. The second-order valence-electron chi connectivity index (χ2n) is 5.91. The van der Waals surface area contributed by atoms with Gasteiger partial charge < -0.3 is 15.5 Å². The lowest BCUT2D eigenvalue weighted by atomic mass is 9.93. The number of hydrogen-bond acceptors (Lipinski definition) is 3. The third-order valence-electron chi connectivity index (χ3n) is 4.41. The van der Waals surface area contributed by atoms with Crippen LogP contribution in [-0.2, 0) is 0 Å². The minimum absolute atomic E-state index is 0.670. The Labute approximate surface area is 114 Å². The van der Waals surface area contributed by atoms with Crippen molar-refractivity contribution in [3.63, 3.8) is 0 Å². The van der Waals surface area contributed by atoms with Gasteiger partial charge in [-0.1, -0.05) is 33.1 Å². The summed E-state index contributed by atoms with van der Waals surface area (Å²) in [6, 6.07) is 1.37. The Morgan fingerprint density at radius 3 is 2.44 bits per heavy atom. The van der Waals surface area contributed by atoms with E-state index in [1.165, 1.54) is 38.6 Å². The van der Waals surface area contributed by atoms with Crippen LogP contribution in [0.25, 0.3) is 0 Å². The van der Waals surface area contributed by atoms with Gasteiger partial charge in [0.25, 0.3) is 0 Å². The number of nitrogens with zero attached hydrogens (tertiary/aromatic N) is 1. The molecule has 108 valence electrons. The molecular weight excluding hydrogens is 222 g/mol. The molecule has 3 heteroatoms. The molecule has 0 bridgehead atoms. The van der Waals surface area contributed by atoms with Crippen molar-refractivity contribution < 1.29 is 0 Å². The zero-order chi connectivity index (χ0) is 13.4. The second kappa shape index (κ2) is 8.89. The Bertz CT molecular complexity index is 196. The van der Waals surface area contributed by atoms with Crippen LogP contribution in [0, 0.1) is 5.92 Å². The van der Waals surface area contributed by atoms with Crippen LogP contribution in [0.2, 0.25) is 0 Å². The Balaban J connectivity index is 2.28. The summed E-state index contributed by atoms with van der Waals surface area (Å²) in [4.78, 5) is 2.39. The molecule has 0 aromatic rings. The van der Waals surface area contributed by atoms with Crippen LogP contribution in [-0.4, -0.2) is 50.7 Å². The monoisotopic (exact) mass is 255 g/mol. The van der Waals surface area contributed by atoms with E-state index in [0.717, 1.165) is 19.0 Å². The van der Waals surface area contributed by atoms with Crippen molar-refractivity contribution in [1.82, 2.24) is 15.5 Å². The minimum Gasteiger partial charge on any atom is -0.314 e. The molecule has 0 spiro atoms. The van der Waals surface area contributed by atoms with Crippen LogP contribution in [0.3, 0.4) is 0 Å². The van der Waals surface area contributed by atoms with E-state index in [0.29, 0.717) is 12.1 Å². The smallest absolute Gasteiger partial charge is 0.0242 e. The molecule has 18 heavy (non-hydrogen) atoms. The number of nitrogens with one attached hydrogen (secondary N) is 2. The van der Waals surface area contributed by atoms with Crippen LogP contribution in [0.4, 0.5) is 0 Å². The largest absolute Gasteiger partial charge is 0.314 e. The maximum absolute atomic E-state index is 3.68. The zero-order valence-electron chi connectivity index (χ0n) is 12.8. The van der Waals surface area contributed by atoms with Crippen molar-refractivity contribution in [2.45, 2.75) is 58.0 Å². The first-order valence-corrected chi connectivity index (χ1v) is 7.79. The predicted molar refractivity (Wildman–Crippen MR) is 80.1 cm³/mol. The lowest BCUT2D eigenvalue weighted by Crippen LogP contribution is -2.47. The number of rotatable bonds is 8. The van der Waals surface area contributed by atoms with Crippen molar-refractivity contribution in [2.75, 3.05) is 33.7 Å². The number of piperidine rings is 1. The summed E-state index contributed by atoms with van der Waals surface area (Å²) in [7, 11) is 4.42. The van der Waals surface area contributed by atoms with Crippen molar-refractivity contribution in [3.8, 4) is 0 Å². The summed E-state index contributed by atoms with van der Waals surface area (Å²) in [6.45, 7) is 8.08. The van der Waals surface area contributed by atoms with Gasteiger partial charge in [-0.3, -0.25) is 0 Å². The number of hydrogen-bond donors (Lipinski definition) is 2. The maximum atomic E-state index is 3.68. The topological polar surface area (TPSA) is 27.3 Å². The molecule has 0 amide bonds.